The summed E-state index contributed by atoms with van der Waals surface area (Å²) in [5, 5.41) is 12.5. The van der Waals surface area contributed by atoms with Gasteiger partial charge in [0.1, 0.15) is 0 Å². The SMILES string of the molecule is CCC(CO)C(NC)c1ccc(Br)s1. The molecule has 0 bridgehead atoms. The fourth-order valence-electron chi connectivity index (χ4n) is 1.58. The van der Waals surface area contributed by atoms with Crippen molar-refractivity contribution in [3.05, 3.63) is 20.8 Å². The van der Waals surface area contributed by atoms with Crippen LogP contribution in [0.2, 0.25) is 0 Å². The first kappa shape index (κ1) is 12.2. The monoisotopic (exact) mass is 277 g/mol. The average Bonchev–Trinajstić information content (AvgIpc) is 2.60. The summed E-state index contributed by atoms with van der Waals surface area (Å²) in [6.07, 6.45) is 0.984. The van der Waals surface area contributed by atoms with E-state index in [0.29, 0.717) is 5.92 Å². The second kappa shape index (κ2) is 5.85. The van der Waals surface area contributed by atoms with Crippen LogP contribution in [-0.4, -0.2) is 18.8 Å². The van der Waals surface area contributed by atoms with Crippen molar-refractivity contribution in [2.24, 2.45) is 5.92 Å². The number of hydrogen-bond donors (Lipinski definition) is 2. The Hall–Kier alpha value is 0.1000. The van der Waals surface area contributed by atoms with Crippen LogP contribution in [-0.2, 0) is 0 Å². The first-order chi connectivity index (χ1) is 6.72. The normalized spacial score (nSPS) is 15.4. The average molecular weight is 278 g/mol. The molecule has 0 amide bonds. The Morgan fingerprint density at radius 1 is 1.57 bits per heavy atom. The third kappa shape index (κ3) is 2.79. The molecule has 2 atom stereocenters. The van der Waals surface area contributed by atoms with Gasteiger partial charge < -0.3 is 10.4 Å². The van der Waals surface area contributed by atoms with Gasteiger partial charge in [0.05, 0.1) is 3.79 Å². The highest BCUT2D eigenvalue weighted by atomic mass is 79.9. The summed E-state index contributed by atoms with van der Waals surface area (Å²) >= 11 is 5.17. The van der Waals surface area contributed by atoms with Crippen LogP contribution < -0.4 is 5.32 Å². The van der Waals surface area contributed by atoms with Gasteiger partial charge in [-0.15, -0.1) is 11.3 Å². The van der Waals surface area contributed by atoms with Gasteiger partial charge >= 0.3 is 0 Å². The van der Waals surface area contributed by atoms with E-state index < -0.39 is 0 Å². The molecule has 2 nitrogen and oxygen atoms in total. The molecule has 80 valence electrons. The third-order valence-corrected chi connectivity index (χ3v) is 4.15. The van der Waals surface area contributed by atoms with E-state index >= 15 is 0 Å². The molecule has 4 heteroatoms. The number of aliphatic hydroxyl groups excluding tert-OH is 1. The highest BCUT2D eigenvalue weighted by molar-refractivity contribution is 9.11. The maximum Gasteiger partial charge on any atom is 0.0701 e. The van der Waals surface area contributed by atoms with Gasteiger partial charge in [-0.05, 0) is 41.5 Å². The summed E-state index contributed by atoms with van der Waals surface area (Å²) in [6.45, 7) is 2.34. The van der Waals surface area contributed by atoms with E-state index in [-0.39, 0.29) is 12.6 Å². The topological polar surface area (TPSA) is 32.3 Å². The summed E-state index contributed by atoms with van der Waals surface area (Å²) in [5.41, 5.74) is 0. The molecule has 2 unspecified atom stereocenters. The lowest BCUT2D eigenvalue weighted by molar-refractivity contribution is 0.190. The molecular weight excluding hydrogens is 262 g/mol. The molecule has 0 spiro atoms. The van der Waals surface area contributed by atoms with Crippen molar-refractivity contribution in [3.63, 3.8) is 0 Å². The Morgan fingerprint density at radius 2 is 2.29 bits per heavy atom. The minimum atomic E-state index is 0.234. The molecule has 0 fully saturated rings. The molecule has 1 rings (SSSR count). The van der Waals surface area contributed by atoms with E-state index in [0.717, 1.165) is 10.2 Å². The van der Waals surface area contributed by atoms with Crippen LogP contribution >= 0.6 is 27.3 Å². The molecule has 0 saturated carbocycles. The number of nitrogens with one attached hydrogen (secondary N) is 1. The Kier molecular flexibility index (Phi) is 5.09. The standard InChI is InChI=1S/C10H16BrNOS/c1-3-7(6-13)10(12-2)8-4-5-9(11)14-8/h4-5,7,10,12-13H,3,6H2,1-2H3. The number of aliphatic hydroxyl groups is 1. The van der Waals surface area contributed by atoms with Gasteiger partial charge in [-0.1, -0.05) is 6.92 Å². The van der Waals surface area contributed by atoms with E-state index in [1.807, 2.05) is 7.05 Å². The molecule has 0 saturated heterocycles. The van der Waals surface area contributed by atoms with E-state index in [9.17, 15) is 5.11 Å². The van der Waals surface area contributed by atoms with Crippen LogP contribution in [0.4, 0.5) is 0 Å². The van der Waals surface area contributed by atoms with Crippen molar-refractivity contribution in [2.75, 3.05) is 13.7 Å². The van der Waals surface area contributed by atoms with Crippen LogP contribution in [0.15, 0.2) is 15.9 Å². The van der Waals surface area contributed by atoms with Crippen molar-refractivity contribution in [1.82, 2.24) is 5.32 Å². The van der Waals surface area contributed by atoms with Crippen LogP contribution in [0.25, 0.3) is 0 Å². The van der Waals surface area contributed by atoms with E-state index in [4.69, 9.17) is 0 Å². The van der Waals surface area contributed by atoms with Gasteiger partial charge in [0.2, 0.25) is 0 Å². The largest absolute Gasteiger partial charge is 0.396 e. The van der Waals surface area contributed by atoms with Gasteiger partial charge in [0.15, 0.2) is 0 Å². The number of rotatable bonds is 5. The second-order valence-corrected chi connectivity index (χ2v) is 5.75. The summed E-state index contributed by atoms with van der Waals surface area (Å²) < 4.78 is 1.14. The Morgan fingerprint density at radius 3 is 2.64 bits per heavy atom. The predicted molar refractivity (Wildman–Crippen MR) is 64.7 cm³/mol. The van der Waals surface area contributed by atoms with Gasteiger partial charge in [0, 0.05) is 23.4 Å². The first-order valence-electron chi connectivity index (χ1n) is 4.76. The van der Waals surface area contributed by atoms with Gasteiger partial charge in [-0.3, -0.25) is 0 Å². The fraction of sp³-hybridized carbons (Fsp3) is 0.600. The number of hydrogen-bond acceptors (Lipinski definition) is 3. The molecule has 0 aliphatic carbocycles. The first-order valence-corrected chi connectivity index (χ1v) is 6.37. The molecule has 14 heavy (non-hydrogen) atoms. The molecular formula is C10H16BrNOS. The summed E-state index contributed by atoms with van der Waals surface area (Å²) in [5.74, 6) is 0.297. The quantitative estimate of drug-likeness (QED) is 0.868. The van der Waals surface area contributed by atoms with Crippen LogP contribution in [0.3, 0.4) is 0 Å². The lowest BCUT2D eigenvalue weighted by Gasteiger charge is -2.22. The van der Waals surface area contributed by atoms with Crippen molar-refractivity contribution in [3.8, 4) is 0 Å². The molecule has 0 aromatic carbocycles. The van der Waals surface area contributed by atoms with Crippen LogP contribution in [0.1, 0.15) is 24.3 Å². The summed E-state index contributed by atoms with van der Waals surface area (Å²) in [6, 6.07) is 4.42. The Balaban J connectivity index is 2.80. The minimum Gasteiger partial charge on any atom is -0.396 e. The number of thiophene rings is 1. The summed E-state index contributed by atoms with van der Waals surface area (Å²) in [7, 11) is 1.94. The van der Waals surface area contributed by atoms with E-state index in [1.165, 1.54) is 4.88 Å². The van der Waals surface area contributed by atoms with Crippen molar-refractivity contribution in [1.29, 1.82) is 0 Å². The van der Waals surface area contributed by atoms with Gasteiger partial charge in [-0.2, -0.15) is 0 Å². The van der Waals surface area contributed by atoms with E-state index in [1.54, 1.807) is 11.3 Å². The van der Waals surface area contributed by atoms with Crippen LogP contribution in [0.5, 0.6) is 0 Å². The Bertz CT molecular complexity index is 273. The van der Waals surface area contributed by atoms with Gasteiger partial charge in [-0.25, -0.2) is 0 Å². The molecule has 0 radical (unpaired) electrons. The fourth-order valence-corrected chi connectivity index (χ4v) is 3.20. The van der Waals surface area contributed by atoms with Gasteiger partial charge in [0.25, 0.3) is 0 Å². The number of halogens is 1. The maximum atomic E-state index is 9.25. The lowest BCUT2D eigenvalue weighted by Crippen LogP contribution is -2.26. The lowest BCUT2D eigenvalue weighted by atomic mass is 9.97. The molecule has 0 aliphatic heterocycles. The third-order valence-electron chi connectivity index (χ3n) is 2.44. The zero-order chi connectivity index (χ0) is 10.6. The molecule has 1 aromatic heterocycles. The molecule has 2 N–H and O–H groups in total. The highest BCUT2D eigenvalue weighted by Gasteiger charge is 2.20. The Labute approximate surface area is 97.5 Å². The smallest absolute Gasteiger partial charge is 0.0701 e. The van der Waals surface area contributed by atoms with Crippen molar-refractivity contribution in [2.45, 2.75) is 19.4 Å². The minimum absolute atomic E-state index is 0.234. The van der Waals surface area contributed by atoms with Crippen LogP contribution in [0, 0.1) is 5.92 Å². The van der Waals surface area contributed by atoms with Crippen molar-refractivity contribution >= 4 is 27.3 Å². The maximum absolute atomic E-state index is 9.25. The zero-order valence-corrected chi connectivity index (χ0v) is 10.9. The molecule has 1 heterocycles. The van der Waals surface area contributed by atoms with Crippen molar-refractivity contribution < 1.29 is 5.11 Å². The highest BCUT2D eigenvalue weighted by Crippen LogP contribution is 2.32. The van der Waals surface area contributed by atoms with E-state index in [2.05, 4.69) is 40.3 Å². The molecule has 0 aliphatic rings. The molecule has 1 aromatic rings. The second-order valence-electron chi connectivity index (χ2n) is 3.26. The summed E-state index contributed by atoms with van der Waals surface area (Å²) in [4.78, 5) is 1.28. The predicted octanol–water partition coefficient (Wildman–Crippen LogP) is 2.79. The zero-order valence-electron chi connectivity index (χ0n) is 8.46.